The molecule has 0 radical (unpaired) electrons. The average Bonchev–Trinajstić information content (AvgIpc) is 3.12. The van der Waals surface area contributed by atoms with Crippen LogP contribution in [0, 0.1) is 0 Å². The van der Waals surface area contributed by atoms with Crippen LogP contribution in [0.25, 0.3) is 5.65 Å². The fourth-order valence-corrected chi connectivity index (χ4v) is 2.59. The number of rotatable bonds is 7. The number of alkyl halides is 3. The van der Waals surface area contributed by atoms with Gasteiger partial charge in [0.05, 0.1) is 12.1 Å². The molecule has 0 saturated heterocycles. The second kappa shape index (κ2) is 9.26. The van der Waals surface area contributed by atoms with E-state index < -0.39 is 11.7 Å². The standard InChI is InChI=1S/C19H21F3N6O/c1-2-23-18(25-13-17-27-26-16-8-3-4-10-28(16)17)24-9-11-29-15-7-5-6-14(12-15)19(20,21)22/h3-8,10,12H,2,9,11,13H2,1H3,(H2,23,24,25). The van der Waals surface area contributed by atoms with Gasteiger partial charge in [0, 0.05) is 12.7 Å². The van der Waals surface area contributed by atoms with Gasteiger partial charge in [-0.15, -0.1) is 10.2 Å². The van der Waals surface area contributed by atoms with Crippen molar-refractivity contribution in [3.05, 3.63) is 60.0 Å². The number of aromatic nitrogens is 3. The Morgan fingerprint density at radius 2 is 2.00 bits per heavy atom. The zero-order valence-corrected chi connectivity index (χ0v) is 15.8. The second-order valence-corrected chi connectivity index (χ2v) is 6.04. The molecule has 0 aliphatic carbocycles. The summed E-state index contributed by atoms with van der Waals surface area (Å²) in [7, 11) is 0. The van der Waals surface area contributed by atoms with E-state index in [1.165, 1.54) is 12.1 Å². The maximum atomic E-state index is 12.7. The molecule has 0 fully saturated rings. The fourth-order valence-electron chi connectivity index (χ4n) is 2.59. The number of hydrogen-bond acceptors (Lipinski definition) is 4. The van der Waals surface area contributed by atoms with Crippen molar-refractivity contribution in [2.24, 2.45) is 4.99 Å². The quantitative estimate of drug-likeness (QED) is 0.359. The molecule has 3 aromatic rings. The largest absolute Gasteiger partial charge is 0.492 e. The van der Waals surface area contributed by atoms with E-state index in [4.69, 9.17) is 4.74 Å². The minimum absolute atomic E-state index is 0.165. The summed E-state index contributed by atoms with van der Waals surface area (Å²) in [5.74, 6) is 1.41. The van der Waals surface area contributed by atoms with Gasteiger partial charge >= 0.3 is 6.18 Å². The van der Waals surface area contributed by atoms with E-state index in [0.29, 0.717) is 31.4 Å². The van der Waals surface area contributed by atoms with Gasteiger partial charge in [0.1, 0.15) is 18.9 Å². The summed E-state index contributed by atoms with van der Waals surface area (Å²) in [6.07, 6.45) is -2.53. The predicted octanol–water partition coefficient (Wildman–Crippen LogP) is 2.88. The molecule has 0 spiro atoms. The molecule has 3 rings (SSSR count). The lowest BCUT2D eigenvalue weighted by Gasteiger charge is -2.13. The van der Waals surface area contributed by atoms with Crippen LogP contribution in [-0.2, 0) is 12.7 Å². The molecule has 0 amide bonds. The molecule has 2 N–H and O–H groups in total. The number of aliphatic imine (C=N–C) groups is 1. The van der Waals surface area contributed by atoms with Crippen LogP contribution in [-0.4, -0.2) is 40.3 Å². The third-order valence-corrected chi connectivity index (χ3v) is 3.93. The van der Waals surface area contributed by atoms with Crippen molar-refractivity contribution in [2.75, 3.05) is 19.7 Å². The van der Waals surface area contributed by atoms with Crippen LogP contribution in [0.3, 0.4) is 0 Å². The van der Waals surface area contributed by atoms with E-state index >= 15 is 0 Å². The molecular formula is C19H21F3N6O. The number of nitrogens with one attached hydrogen (secondary N) is 2. The zero-order valence-electron chi connectivity index (χ0n) is 15.8. The van der Waals surface area contributed by atoms with Gasteiger partial charge in [-0.25, -0.2) is 4.99 Å². The van der Waals surface area contributed by atoms with Gasteiger partial charge in [0.15, 0.2) is 17.4 Å². The lowest BCUT2D eigenvalue weighted by molar-refractivity contribution is -0.137. The first-order chi connectivity index (χ1) is 14.0. The van der Waals surface area contributed by atoms with E-state index in [2.05, 4.69) is 25.8 Å². The van der Waals surface area contributed by atoms with Gasteiger partial charge in [-0.1, -0.05) is 12.1 Å². The third kappa shape index (κ3) is 5.59. The fraction of sp³-hybridized carbons (Fsp3) is 0.316. The molecule has 0 atom stereocenters. The number of hydrogen-bond donors (Lipinski definition) is 2. The van der Waals surface area contributed by atoms with Gasteiger partial charge in [-0.05, 0) is 37.3 Å². The highest BCUT2D eigenvalue weighted by Gasteiger charge is 2.30. The van der Waals surface area contributed by atoms with E-state index in [-0.39, 0.29) is 12.4 Å². The van der Waals surface area contributed by atoms with Crippen molar-refractivity contribution in [1.82, 2.24) is 25.2 Å². The van der Waals surface area contributed by atoms with E-state index in [1.54, 1.807) is 0 Å². The van der Waals surface area contributed by atoms with Crippen molar-refractivity contribution in [3.8, 4) is 5.75 Å². The van der Waals surface area contributed by atoms with Crippen LogP contribution in [0.1, 0.15) is 18.3 Å². The molecule has 29 heavy (non-hydrogen) atoms. The second-order valence-electron chi connectivity index (χ2n) is 6.04. The Labute approximate surface area is 165 Å². The summed E-state index contributed by atoms with van der Waals surface area (Å²) < 4.78 is 45.5. The smallest absolute Gasteiger partial charge is 0.416 e. The summed E-state index contributed by atoms with van der Waals surface area (Å²) in [5.41, 5.74) is 0.00328. The number of ether oxygens (including phenoxy) is 1. The van der Waals surface area contributed by atoms with Gasteiger partial charge in [-0.2, -0.15) is 13.2 Å². The van der Waals surface area contributed by atoms with Gasteiger partial charge < -0.3 is 15.4 Å². The van der Waals surface area contributed by atoms with Crippen LogP contribution in [0.15, 0.2) is 53.7 Å². The van der Waals surface area contributed by atoms with Crippen LogP contribution in [0.2, 0.25) is 0 Å². The lowest BCUT2D eigenvalue weighted by atomic mass is 10.2. The van der Waals surface area contributed by atoms with Crippen LogP contribution in [0.4, 0.5) is 13.2 Å². The molecule has 1 aromatic carbocycles. The van der Waals surface area contributed by atoms with Crippen molar-refractivity contribution in [2.45, 2.75) is 19.6 Å². The Hall–Kier alpha value is -3.30. The average molecular weight is 406 g/mol. The number of guanidine groups is 1. The Balaban J connectivity index is 1.54. The lowest BCUT2D eigenvalue weighted by Crippen LogP contribution is -2.39. The maximum absolute atomic E-state index is 12.7. The highest BCUT2D eigenvalue weighted by molar-refractivity contribution is 5.79. The third-order valence-electron chi connectivity index (χ3n) is 3.93. The highest BCUT2D eigenvalue weighted by atomic mass is 19.4. The molecule has 154 valence electrons. The topological polar surface area (TPSA) is 75.8 Å². The van der Waals surface area contributed by atoms with Crippen LogP contribution >= 0.6 is 0 Å². The molecule has 0 aliphatic heterocycles. The molecule has 2 heterocycles. The maximum Gasteiger partial charge on any atom is 0.416 e. The van der Waals surface area contributed by atoms with E-state index in [0.717, 1.165) is 17.8 Å². The normalized spacial score (nSPS) is 12.2. The number of benzene rings is 1. The van der Waals surface area contributed by atoms with Crippen LogP contribution in [0.5, 0.6) is 5.75 Å². The molecule has 0 saturated carbocycles. The van der Waals surface area contributed by atoms with E-state index in [1.807, 2.05) is 35.7 Å². The molecular weight excluding hydrogens is 385 g/mol. The van der Waals surface area contributed by atoms with Crippen molar-refractivity contribution >= 4 is 11.6 Å². The van der Waals surface area contributed by atoms with Crippen LogP contribution < -0.4 is 15.4 Å². The zero-order chi connectivity index (χ0) is 20.7. The Morgan fingerprint density at radius 3 is 2.79 bits per heavy atom. The highest BCUT2D eigenvalue weighted by Crippen LogP contribution is 2.31. The van der Waals surface area contributed by atoms with Crippen molar-refractivity contribution in [1.29, 1.82) is 0 Å². The van der Waals surface area contributed by atoms with Gasteiger partial charge in [0.2, 0.25) is 0 Å². The molecule has 0 aliphatic rings. The number of nitrogens with zero attached hydrogens (tertiary/aromatic N) is 4. The summed E-state index contributed by atoms with van der Waals surface area (Å²) in [6, 6.07) is 10.4. The summed E-state index contributed by atoms with van der Waals surface area (Å²) >= 11 is 0. The minimum Gasteiger partial charge on any atom is -0.492 e. The van der Waals surface area contributed by atoms with E-state index in [9.17, 15) is 13.2 Å². The Bertz CT molecular complexity index is 970. The molecule has 2 aromatic heterocycles. The molecule has 0 bridgehead atoms. The Morgan fingerprint density at radius 1 is 1.14 bits per heavy atom. The summed E-state index contributed by atoms with van der Waals surface area (Å²) in [5, 5.41) is 14.4. The molecule has 7 nitrogen and oxygen atoms in total. The first kappa shape index (κ1) is 20.4. The number of pyridine rings is 1. The SMILES string of the molecule is CCNC(=NCc1nnc2ccccn12)NCCOc1cccc(C(F)(F)F)c1. The molecule has 10 heteroatoms. The summed E-state index contributed by atoms with van der Waals surface area (Å²) in [4.78, 5) is 4.46. The predicted molar refractivity (Wildman–Crippen MR) is 103 cm³/mol. The van der Waals surface area contributed by atoms with Gasteiger partial charge in [-0.3, -0.25) is 4.40 Å². The first-order valence-electron chi connectivity index (χ1n) is 9.08. The Kier molecular flexibility index (Phi) is 6.53. The molecule has 0 unspecified atom stereocenters. The monoisotopic (exact) mass is 406 g/mol. The summed E-state index contributed by atoms with van der Waals surface area (Å²) in [6.45, 7) is 3.45. The first-order valence-corrected chi connectivity index (χ1v) is 9.08. The van der Waals surface area contributed by atoms with Gasteiger partial charge in [0.25, 0.3) is 0 Å². The number of fused-ring (bicyclic) bond motifs is 1. The van der Waals surface area contributed by atoms with Crippen molar-refractivity contribution in [3.63, 3.8) is 0 Å². The minimum atomic E-state index is -4.39. The van der Waals surface area contributed by atoms with Crippen molar-refractivity contribution < 1.29 is 17.9 Å². The number of halogens is 3.